The second-order valence-electron chi connectivity index (χ2n) is 5.32. The first-order chi connectivity index (χ1) is 8.41. The van der Waals surface area contributed by atoms with Gasteiger partial charge in [0, 0.05) is 23.0 Å². The van der Waals surface area contributed by atoms with E-state index in [-0.39, 0.29) is 5.91 Å². The Morgan fingerprint density at radius 1 is 1.39 bits per heavy atom. The van der Waals surface area contributed by atoms with Gasteiger partial charge in [0.2, 0.25) is 0 Å². The van der Waals surface area contributed by atoms with Crippen LogP contribution in [-0.2, 0) is 0 Å². The molecule has 0 saturated heterocycles. The smallest absolute Gasteiger partial charge is 0.268 e. The number of benzene rings is 1. The summed E-state index contributed by atoms with van der Waals surface area (Å²) in [6.45, 7) is 6.23. The quantitative estimate of drug-likeness (QED) is 0.773. The molecule has 0 aliphatic carbocycles. The molecule has 2 rings (SSSR count). The molecular weight excluding hydrogens is 226 g/mol. The van der Waals surface area contributed by atoms with E-state index in [9.17, 15) is 4.79 Å². The predicted molar refractivity (Wildman–Crippen MR) is 73.6 cm³/mol. The molecule has 0 fully saturated rings. The molecule has 0 aliphatic heterocycles. The normalized spacial score (nSPS) is 11.8. The Labute approximate surface area is 107 Å². The number of hydrogen-bond donors (Lipinski definition) is 3. The number of aromatic amines is 1. The van der Waals surface area contributed by atoms with E-state index in [2.05, 4.69) is 10.3 Å². The van der Waals surface area contributed by atoms with Crippen molar-refractivity contribution < 1.29 is 4.79 Å². The standard InChI is InChI=1S/C14H19N3O/c1-9-4-5-10-7-12(16-11(10)6-9)13(18)17-14(2,3)8-15/h4-7,16H,8,15H2,1-3H3,(H,17,18). The first kappa shape index (κ1) is 12.6. The molecule has 4 heteroatoms. The number of rotatable bonds is 3. The Bertz CT molecular complexity index is 584. The first-order valence-corrected chi connectivity index (χ1v) is 6.03. The number of nitrogens with two attached hydrogens (primary N) is 1. The minimum Gasteiger partial charge on any atom is -0.351 e. The third-order valence-corrected chi connectivity index (χ3v) is 2.98. The van der Waals surface area contributed by atoms with E-state index >= 15 is 0 Å². The summed E-state index contributed by atoms with van der Waals surface area (Å²) in [7, 11) is 0. The van der Waals surface area contributed by atoms with E-state index in [0.717, 1.165) is 10.9 Å². The lowest BCUT2D eigenvalue weighted by atomic mass is 10.1. The maximum Gasteiger partial charge on any atom is 0.268 e. The Morgan fingerprint density at radius 2 is 2.11 bits per heavy atom. The number of fused-ring (bicyclic) bond motifs is 1. The maximum atomic E-state index is 12.1. The zero-order chi connectivity index (χ0) is 13.3. The van der Waals surface area contributed by atoms with E-state index in [1.165, 1.54) is 5.56 Å². The van der Waals surface area contributed by atoms with Crippen molar-refractivity contribution in [1.29, 1.82) is 0 Å². The number of H-pyrrole nitrogens is 1. The van der Waals surface area contributed by atoms with Crippen LogP contribution in [0.1, 0.15) is 29.9 Å². The van der Waals surface area contributed by atoms with Crippen molar-refractivity contribution in [3.63, 3.8) is 0 Å². The Balaban J connectivity index is 2.28. The van der Waals surface area contributed by atoms with Gasteiger partial charge in [-0.15, -0.1) is 0 Å². The first-order valence-electron chi connectivity index (χ1n) is 6.03. The van der Waals surface area contributed by atoms with Crippen molar-refractivity contribution in [3.8, 4) is 0 Å². The molecule has 4 N–H and O–H groups in total. The highest BCUT2D eigenvalue weighted by Crippen LogP contribution is 2.17. The van der Waals surface area contributed by atoms with Crippen LogP contribution in [0.15, 0.2) is 24.3 Å². The van der Waals surface area contributed by atoms with Crippen LogP contribution in [-0.4, -0.2) is 23.0 Å². The molecule has 1 amide bonds. The minimum absolute atomic E-state index is 0.126. The van der Waals surface area contributed by atoms with Crippen LogP contribution in [0.3, 0.4) is 0 Å². The van der Waals surface area contributed by atoms with E-state index < -0.39 is 5.54 Å². The molecule has 1 heterocycles. The van der Waals surface area contributed by atoms with E-state index in [0.29, 0.717) is 12.2 Å². The van der Waals surface area contributed by atoms with Gasteiger partial charge in [-0.25, -0.2) is 0 Å². The Hall–Kier alpha value is -1.81. The van der Waals surface area contributed by atoms with Crippen molar-refractivity contribution in [2.75, 3.05) is 6.54 Å². The van der Waals surface area contributed by atoms with Crippen LogP contribution >= 0.6 is 0 Å². The summed E-state index contributed by atoms with van der Waals surface area (Å²) in [6.07, 6.45) is 0. The van der Waals surface area contributed by atoms with Crippen molar-refractivity contribution in [3.05, 3.63) is 35.5 Å². The molecule has 0 atom stereocenters. The molecule has 1 aromatic carbocycles. The fourth-order valence-corrected chi connectivity index (χ4v) is 1.79. The molecule has 0 spiro atoms. The Kier molecular flexibility index (Phi) is 3.13. The fraction of sp³-hybridized carbons (Fsp3) is 0.357. The highest BCUT2D eigenvalue weighted by Gasteiger charge is 2.20. The lowest BCUT2D eigenvalue weighted by Gasteiger charge is -2.23. The summed E-state index contributed by atoms with van der Waals surface area (Å²) in [5.41, 5.74) is 7.91. The molecule has 1 aromatic heterocycles. The van der Waals surface area contributed by atoms with Gasteiger partial charge in [-0.05, 0) is 38.5 Å². The summed E-state index contributed by atoms with van der Waals surface area (Å²) < 4.78 is 0. The van der Waals surface area contributed by atoms with Crippen molar-refractivity contribution in [1.82, 2.24) is 10.3 Å². The van der Waals surface area contributed by atoms with Gasteiger partial charge in [0.1, 0.15) is 5.69 Å². The average Bonchev–Trinajstić information content (AvgIpc) is 2.71. The fourth-order valence-electron chi connectivity index (χ4n) is 1.79. The number of amides is 1. The van der Waals surface area contributed by atoms with Gasteiger partial charge in [0.05, 0.1) is 0 Å². The molecule has 2 aromatic rings. The molecule has 0 saturated carbocycles. The minimum atomic E-state index is -0.399. The summed E-state index contributed by atoms with van der Waals surface area (Å²) in [4.78, 5) is 15.2. The topological polar surface area (TPSA) is 70.9 Å². The number of carbonyl (C=O) groups excluding carboxylic acids is 1. The van der Waals surface area contributed by atoms with Crippen LogP contribution in [0.4, 0.5) is 0 Å². The van der Waals surface area contributed by atoms with Crippen molar-refractivity contribution >= 4 is 16.8 Å². The van der Waals surface area contributed by atoms with Crippen LogP contribution in [0, 0.1) is 6.92 Å². The number of carbonyl (C=O) groups is 1. The van der Waals surface area contributed by atoms with Crippen LogP contribution < -0.4 is 11.1 Å². The molecule has 0 radical (unpaired) electrons. The van der Waals surface area contributed by atoms with E-state index in [1.54, 1.807) is 0 Å². The molecule has 0 bridgehead atoms. The van der Waals surface area contributed by atoms with Crippen molar-refractivity contribution in [2.45, 2.75) is 26.3 Å². The number of nitrogens with one attached hydrogen (secondary N) is 2. The van der Waals surface area contributed by atoms with Crippen LogP contribution in [0.2, 0.25) is 0 Å². The SMILES string of the molecule is Cc1ccc2cc(C(=O)NC(C)(C)CN)[nH]c2c1. The predicted octanol–water partition coefficient (Wildman–Crippen LogP) is 1.94. The third-order valence-electron chi connectivity index (χ3n) is 2.98. The van der Waals surface area contributed by atoms with Gasteiger partial charge in [-0.2, -0.15) is 0 Å². The highest BCUT2D eigenvalue weighted by molar-refractivity contribution is 5.98. The van der Waals surface area contributed by atoms with Gasteiger partial charge in [-0.1, -0.05) is 12.1 Å². The van der Waals surface area contributed by atoms with E-state index in [4.69, 9.17) is 5.73 Å². The number of hydrogen-bond acceptors (Lipinski definition) is 2. The molecule has 96 valence electrons. The van der Waals surface area contributed by atoms with Crippen LogP contribution in [0.5, 0.6) is 0 Å². The number of aryl methyl sites for hydroxylation is 1. The third kappa shape index (κ3) is 2.54. The summed E-state index contributed by atoms with van der Waals surface area (Å²) in [5, 5.41) is 3.94. The zero-order valence-corrected chi connectivity index (χ0v) is 11.0. The summed E-state index contributed by atoms with van der Waals surface area (Å²) in [6, 6.07) is 7.92. The molecule has 0 unspecified atom stereocenters. The molecular formula is C14H19N3O. The summed E-state index contributed by atoms with van der Waals surface area (Å²) in [5.74, 6) is -0.126. The van der Waals surface area contributed by atoms with Gasteiger partial charge >= 0.3 is 0 Å². The Morgan fingerprint density at radius 3 is 2.78 bits per heavy atom. The molecule has 4 nitrogen and oxygen atoms in total. The van der Waals surface area contributed by atoms with Gasteiger partial charge in [-0.3, -0.25) is 4.79 Å². The monoisotopic (exact) mass is 245 g/mol. The maximum absolute atomic E-state index is 12.1. The second kappa shape index (κ2) is 4.46. The zero-order valence-electron chi connectivity index (χ0n) is 11.0. The average molecular weight is 245 g/mol. The van der Waals surface area contributed by atoms with Crippen LogP contribution in [0.25, 0.3) is 10.9 Å². The molecule has 0 aliphatic rings. The van der Waals surface area contributed by atoms with Gasteiger partial charge in [0.25, 0.3) is 5.91 Å². The highest BCUT2D eigenvalue weighted by atomic mass is 16.2. The van der Waals surface area contributed by atoms with E-state index in [1.807, 2.05) is 45.0 Å². The molecule has 18 heavy (non-hydrogen) atoms. The van der Waals surface area contributed by atoms with Gasteiger partial charge < -0.3 is 16.0 Å². The number of aromatic nitrogens is 1. The van der Waals surface area contributed by atoms with Gasteiger partial charge in [0.15, 0.2) is 0 Å². The summed E-state index contributed by atoms with van der Waals surface area (Å²) >= 11 is 0. The largest absolute Gasteiger partial charge is 0.351 e. The second-order valence-corrected chi connectivity index (χ2v) is 5.32. The lowest BCUT2D eigenvalue weighted by molar-refractivity contribution is 0.0911. The van der Waals surface area contributed by atoms with Crippen molar-refractivity contribution in [2.24, 2.45) is 5.73 Å². The lowest BCUT2D eigenvalue weighted by Crippen LogP contribution is -2.48.